The molecule has 0 aliphatic heterocycles. The molecule has 0 fully saturated rings. The van der Waals surface area contributed by atoms with Crippen molar-refractivity contribution >= 4 is 11.6 Å². The number of hydrogen-bond donors (Lipinski definition) is 2. The second kappa shape index (κ2) is 4.50. The summed E-state index contributed by atoms with van der Waals surface area (Å²) < 4.78 is 5.09. The van der Waals surface area contributed by atoms with Crippen LogP contribution < -0.4 is 5.32 Å². The van der Waals surface area contributed by atoms with E-state index in [0.717, 1.165) is 5.76 Å². The van der Waals surface area contributed by atoms with Crippen molar-refractivity contribution in [2.75, 3.05) is 6.54 Å². The molecule has 1 aromatic rings. The van der Waals surface area contributed by atoms with Crippen LogP contribution in [0.1, 0.15) is 12.7 Å². The number of nitrogens with one attached hydrogen (secondary N) is 1. The molecule has 0 saturated carbocycles. The first-order valence-electron chi connectivity index (χ1n) is 3.81. The lowest BCUT2D eigenvalue weighted by Crippen LogP contribution is -2.23. The molecule has 12 heavy (non-hydrogen) atoms. The summed E-state index contributed by atoms with van der Waals surface area (Å²) in [7, 11) is 0. The minimum atomic E-state index is -0.338. The molecule has 0 saturated heterocycles. The zero-order valence-electron chi connectivity index (χ0n) is 6.88. The van der Waals surface area contributed by atoms with Gasteiger partial charge >= 0.3 is 0 Å². The van der Waals surface area contributed by atoms with Gasteiger partial charge in [0, 0.05) is 6.54 Å². The van der Waals surface area contributed by atoms with Crippen LogP contribution in [-0.2, 0) is 6.54 Å². The Morgan fingerprint density at radius 2 is 2.42 bits per heavy atom. The van der Waals surface area contributed by atoms with Gasteiger partial charge in [0.2, 0.25) is 0 Å². The summed E-state index contributed by atoms with van der Waals surface area (Å²) in [5.74, 6) is 0.778. The van der Waals surface area contributed by atoms with Crippen molar-refractivity contribution in [1.29, 1.82) is 0 Å². The summed E-state index contributed by atoms with van der Waals surface area (Å²) in [5.41, 5.74) is 0. The van der Waals surface area contributed by atoms with Gasteiger partial charge in [-0.25, -0.2) is 0 Å². The van der Waals surface area contributed by atoms with Crippen LogP contribution in [0.3, 0.4) is 0 Å². The third-order valence-corrected chi connectivity index (χ3v) is 1.57. The van der Waals surface area contributed by atoms with E-state index in [4.69, 9.17) is 21.1 Å². The molecule has 3 nitrogen and oxygen atoms in total. The molecule has 1 heterocycles. The van der Waals surface area contributed by atoms with Crippen molar-refractivity contribution in [3.05, 3.63) is 23.1 Å². The van der Waals surface area contributed by atoms with E-state index < -0.39 is 0 Å². The van der Waals surface area contributed by atoms with Crippen LogP contribution >= 0.6 is 11.6 Å². The molecule has 1 atom stereocenters. The van der Waals surface area contributed by atoms with Crippen molar-refractivity contribution in [3.8, 4) is 0 Å². The molecular formula is C8H12ClNO2. The Hall–Kier alpha value is -0.510. The topological polar surface area (TPSA) is 45.4 Å². The highest BCUT2D eigenvalue weighted by atomic mass is 35.5. The first-order valence-corrected chi connectivity index (χ1v) is 4.19. The zero-order valence-corrected chi connectivity index (χ0v) is 7.64. The molecular weight excluding hydrogens is 178 g/mol. The predicted molar refractivity (Wildman–Crippen MR) is 47.1 cm³/mol. The standard InChI is InChI=1S/C8H12ClNO2/c1-6(11)4-10-5-7-2-3-8(9)12-7/h2-3,6,10-11H,4-5H2,1H3. The molecule has 0 aliphatic rings. The molecule has 68 valence electrons. The van der Waals surface area contributed by atoms with Crippen LogP contribution in [0.25, 0.3) is 0 Å². The summed E-state index contributed by atoms with van der Waals surface area (Å²) in [6.45, 7) is 2.87. The first-order chi connectivity index (χ1) is 5.68. The van der Waals surface area contributed by atoms with Gasteiger partial charge in [0.25, 0.3) is 0 Å². The predicted octanol–water partition coefficient (Wildman–Crippen LogP) is 1.40. The number of hydrogen-bond acceptors (Lipinski definition) is 3. The zero-order chi connectivity index (χ0) is 8.97. The first kappa shape index (κ1) is 9.58. The van der Waals surface area contributed by atoms with Crippen molar-refractivity contribution in [1.82, 2.24) is 5.32 Å². The van der Waals surface area contributed by atoms with Gasteiger partial charge in [0.1, 0.15) is 5.76 Å². The Morgan fingerprint density at radius 3 is 2.92 bits per heavy atom. The van der Waals surface area contributed by atoms with Crippen molar-refractivity contribution < 1.29 is 9.52 Å². The third kappa shape index (κ3) is 3.26. The largest absolute Gasteiger partial charge is 0.448 e. The number of furan rings is 1. The van der Waals surface area contributed by atoms with Crippen LogP contribution in [0.4, 0.5) is 0 Å². The quantitative estimate of drug-likeness (QED) is 0.753. The average molecular weight is 190 g/mol. The smallest absolute Gasteiger partial charge is 0.193 e. The summed E-state index contributed by atoms with van der Waals surface area (Å²) in [6, 6.07) is 3.50. The number of aliphatic hydroxyl groups excluding tert-OH is 1. The fourth-order valence-electron chi connectivity index (χ4n) is 0.851. The molecule has 1 rings (SSSR count). The summed E-state index contributed by atoms with van der Waals surface area (Å²) >= 11 is 5.56. The van der Waals surface area contributed by atoms with E-state index in [1.807, 2.05) is 0 Å². The van der Waals surface area contributed by atoms with Gasteiger partial charge in [-0.05, 0) is 30.7 Å². The summed E-state index contributed by atoms with van der Waals surface area (Å²) in [6.07, 6.45) is -0.338. The second-order valence-electron chi connectivity index (χ2n) is 2.69. The van der Waals surface area contributed by atoms with Crippen LogP contribution in [0, 0.1) is 0 Å². The Kier molecular flexibility index (Phi) is 3.59. The summed E-state index contributed by atoms with van der Waals surface area (Å²) in [5, 5.41) is 12.3. The lowest BCUT2D eigenvalue weighted by atomic mass is 10.4. The van der Waals surface area contributed by atoms with E-state index in [1.54, 1.807) is 19.1 Å². The van der Waals surface area contributed by atoms with Gasteiger partial charge in [-0.15, -0.1) is 0 Å². The fourth-order valence-corrected chi connectivity index (χ4v) is 1.01. The highest BCUT2D eigenvalue weighted by molar-refractivity contribution is 6.28. The Bertz CT molecular complexity index is 235. The van der Waals surface area contributed by atoms with Crippen LogP contribution in [0.15, 0.2) is 16.5 Å². The van der Waals surface area contributed by atoms with E-state index in [9.17, 15) is 0 Å². The molecule has 0 bridgehead atoms. The number of aliphatic hydroxyl groups is 1. The minimum Gasteiger partial charge on any atom is -0.448 e. The third-order valence-electron chi connectivity index (χ3n) is 1.37. The van der Waals surface area contributed by atoms with Gasteiger partial charge in [0.15, 0.2) is 5.22 Å². The maximum absolute atomic E-state index is 8.92. The fraction of sp³-hybridized carbons (Fsp3) is 0.500. The maximum Gasteiger partial charge on any atom is 0.193 e. The molecule has 2 N–H and O–H groups in total. The van der Waals surface area contributed by atoms with E-state index in [-0.39, 0.29) is 6.10 Å². The molecule has 1 unspecified atom stereocenters. The molecule has 1 aromatic heterocycles. The van der Waals surface area contributed by atoms with Gasteiger partial charge in [-0.2, -0.15) is 0 Å². The SMILES string of the molecule is CC(O)CNCc1ccc(Cl)o1. The van der Waals surface area contributed by atoms with E-state index >= 15 is 0 Å². The van der Waals surface area contributed by atoms with Gasteiger partial charge in [0.05, 0.1) is 12.6 Å². The van der Waals surface area contributed by atoms with Crippen LogP contribution in [-0.4, -0.2) is 17.8 Å². The van der Waals surface area contributed by atoms with Crippen molar-refractivity contribution in [2.45, 2.75) is 19.6 Å². The lowest BCUT2D eigenvalue weighted by Gasteiger charge is -2.03. The highest BCUT2D eigenvalue weighted by Gasteiger charge is 1.99. The lowest BCUT2D eigenvalue weighted by molar-refractivity contribution is 0.190. The molecule has 0 spiro atoms. The number of halogens is 1. The van der Waals surface area contributed by atoms with Crippen LogP contribution in [0.2, 0.25) is 5.22 Å². The molecule has 0 amide bonds. The Balaban J connectivity index is 2.24. The summed E-state index contributed by atoms with van der Waals surface area (Å²) in [4.78, 5) is 0. The molecule has 4 heteroatoms. The normalized spacial score (nSPS) is 13.2. The van der Waals surface area contributed by atoms with Crippen molar-refractivity contribution in [3.63, 3.8) is 0 Å². The van der Waals surface area contributed by atoms with Gasteiger partial charge in [-0.3, -0.25) is 0 Å². The van der Waals surface area contributed by atoms with Crippen LogP contribution in [0.5, 0.6) is 0 Å². The molecule has 0 aromatic carbocycles. The molecule has 0 radical (unpaired) electrons. The van der Waals surface area contributed by atoms with Gasteiger partial charge < -0.3 is 14.8 Å². The van der Waals surface area contributed by atoms with E-state index in [1.165, 1.54) is 0 Å². The average Bonchev–Trinajstić information content (AvgIpc) is 2.35. The highest BCUT2D eigenvalue weighted by Crippen LogP contribution is 2.12. The maximum atomic E-state index is 8.92. The Morgan fingerprint density at radius 1 is 1.67 bits per heavy atom. The van der Waals surface area contributed by atoms with Gasteiger partial charge in [-0.1, -0.05) is 0 Å². The van der Waals surface area contributed by atoms with Crippen molar-refractivity contribution in [2.24, 2.45) is 0 Å². The monoisotopic (exact) mass is 189 g/mol. The Labute approximate surface area is 76.3 Å². The number of rotatable bonds is 4. The second-order valence-corrected chi connectivity index (χ2v) is 3.06. The van der Waals surface area contributed by atoms with E-state index in [0.29, 0.717) is 18.3 Å². The van der Waals surface area contributed by atoms with E-state index in [2.05, 4.69) is 5.32 Å². The molecule has 0 aliphatic carbocycles. The minimum absolute atomic E-state index is 0.338.